The van der Waals surface area contributed by atoms with Gasteiger partial charge in [0.15, 0.2) is 22.8 Å². The molecule has 0 heterocycles. The lowest BCUT2D eigenvalue weighted by molar-refractivity contribution is -0.384. The number of aliphatic hydroxyl groups excluding tert-OH is 2. The number of benzene rings is 2. The van der Waals surface area contributed by atoms with Crippen LogP contribution in [0, 0.1) is 32.3 Å². The normalized spacial score (nSPS) is 26.7. The summed E-state index contributed by atoms with van der Waals surface area (Å²) in [4.78, 5) is 55.4. The second-order valence-corrected chi connectivity index (χ2v) is 16.3. The second-order valence-electron chi connectivity index (χ2n) is 16.3. The minimum Gasteiger partial charge on any atom is -0.509 e. The number of fused-ring (bicyclic) bond motifs is 3. The fraction of sp³-hybridized carbons (Fsp3) is 0.459. The molecule has 50 heavy (non-hydrogen) atoms. The molecule has 7 N–H and O–H groups in total. The number of hydrogen-bond acceptors (Lipinski definition) is 12. The molecule has 0 amide bonds. The monoisotopic (exact) mass is 685 g/mol. The number of non-ortho nitro benzene ring substituents is 1. The molecule has 3 aliphatic rings. The third kappa shape index (κ3) is 5.04. The summed E-state index contributed by atoms with van der Waals surface area (Å²) in [5.41, 5.74) is 5.73. The fourth-order valence-corrected chi connectivity index (χ4v) is 8.12. The molecule has 1 saturated carbocycles. The van der Waals surface area contributed by atoms with E-state index in [0.717, 1.165) is 0 Å². The average Bonchev–Trinajstić information content (AvgIpc) is 2.94. The summed E-state index contributed by atoms with van der Waals surface area (Å²) >= 11 is 0. The lowest BCUT2D eigenvalue weighted by atomic mass is 9.46. The molecule has 3 aliphatic carbocycles. The standard InChI is InChI=1S/C37H43N5O8/c1-33(2,3)15-23(43)25-29(46)30(41(7)8)37(40)16-35(39)14-21-20(18-10-9-11-19(12-18)42(49)50)13-22(34(4,5)6)27(44)24(21)28(45)26(35)32(48)36(37,17-38)31(25)47/h9-13,30,44-45,47H,14-16,39-40H2,1-8H3/t30-,35-,36+,37-/m1/s1. The summed E-state index contributed by atoms with van der Waals surface area (Å²) < 4.78 is 0. The van der Waals surface area contributed by atoms with Crippen LogP contribution in [0.3, 0.4) is 0 Å². The van der Waals surface area contributed by atoms with Crippen molar-refractivity contribution in [1.29, 1.82) is 5.26 Å². The first-order valence-electron chi connectivity index (χ1n) is 16.2. The number of nitro benzene ring substituents is 1. The summed E-state index contributed by atoms with van der Waals surface area (Å²) in [5, 5.41) is 58.3. The van der Waals surface area contributed by atoms with Crippen LogP contribution in [-0.4, -0.2) is 73.7 Å². The van der Waals surface area contributed by atoms with E-state index >= 15 is 0 Å². The SMILES string of the molecule is CN(C)[C@@H]1C(=O)C(C(=O)CC(C)(C)C)=C(O)[C@@]2(C#N)C(=O)C3=C(O)c4c(O)c(C(C)(C)C)cc(-c5cccc([N+](=O)[O-])c5)c4C[C@@]3(N)C[C@@]12N. The Kier molecular flexibility index (Phi) is 8.23. The number of phenolic OH excluding ortho intramolecular Hbond substituents is 1. The maximum absolute atomic E-state index is 15.0. The molecule has 0 spiro atoms. The summed E-state index contributed by atoms with van der Waals surface area (Å²) in [6, 6.07) is 7.83. The van der Waals surface area contributed by atoms with Gasteiger partial charge < -0.3 is 26.8 Å². The summed E-state index contributed by atoms with van der Waals surface area (Å²) in [7, 11) is 2.99. The van der Waals surface area contributed by atoms with Crippen LogP contribution in [0.1, 0.15) is 71.1 Å². The van der Waals surface area contributed by atoms with Gasteiger partial charge in [-0.05, 0) is 60.5 Å². The molecule has 5 rings (SSSR count). The highest BCUT2D eigenvalue weighted by Crippen LogP contribution is 2.59. The van der Waals surface area contributed by atoms with Crippen LogP contribution in [0.4, 0.5) is 5.69 Å². The number of carbonyl (C=O) groups excluding carboxylic acids is 3. The number of Topliss-reactive ketones (excluding diaryl/α,β-unsaturated/α-hetero) is 3. The number of nitrogens with zero attached hydrogens (tertiary/aromatic N) is 3. The molecule has 0 aliphatic heterocycles. The van der Waals surface area contributed by atoms with Gasteiger partial charge in [0.1, 0.15) is 22.8 Å². The number of nitro groups is 1. The Hall–Kier alpha value is -4.90. The number of phenols is 1. The molecule has 0 aromatic heterocycles. The van der Waals surface area contributed by atoms with Crippen molar-refractivity contribution in [2.24, 2.45) is 22.3 Å². The van der Waals surface area contributed by atoms with E-state index in [1.165, 1.54) is 37.2 Å². The number of nitrogens with two attached hydrogens (primary N) is 2. The van der Waals surface area contributed by atoms with E-state index in [2.05, 4.69) is 0 Å². The molecule has 4 atom stereocenters. The molecule has 13 heteroatoms. The van der Waals surface area contributed by atoms with Crippen molar-refractivity contribution in [3.63, 3.8) is 0 Å². The number of ketones is 3. The van der Waals surface area contributed by atoms with Gasteiger partial charge in [0.25, 0.3) is 5.69 Å². The maximum Gasteiger partial charge on any atom is 0.270 e. The molecule has 0 radical (unpaired) electrons. The Bertz CT molecular complexity index is 2010. The molecule has 2 aromatic rings. The van der Waals surface area contributed by atoms with Crippen LogP contribution in [-0.2, 0) is 26.2 Å². The lowest BCUT2D eigenvalue weighted by Crippen LogP contribution is -2.80. The number of nitriles is 1. The van der Waals surface area contributed by atoms with Gasteiger partial charge in [0.2, 0.25) is 0 Å². The van der Waals surface area contributed by atoms with Gasteiger partial charge >= 0.3 is 0 Å². The Morgan fingerprint density at radius 1 is 1.10 bits per heavy atom. The van der Waals surface area contributed by atoms with Crippen molar-refractivity contribution >= 4 is 28.8 Å². The zero-order chi connectivity index (χ0) is 37.7. The largest absolute Gasteiger partial charge is 0.509 e. The van der Waals surface area contributed by atoms with E-state index in [9.17, 15) is 45.1 Å². The molecule has 0 bridgehead atoms. The van der Waals surface area contributed by atoms with Crippen LogP contribution in [0.5, 0.6) is 5.75 Å². The van der Waals surface area contributed by atoms with Gasteiger partial charge in [-0.1, -0.05) is 53.7 Å². The van der Waals surface area contributed by atoms with E-state index in [4.69, 9.17) is 11.5 Å². The molecular formula is C37H43N5O8. The highest BCUT2D eigenvalue weighted by Gasteiger charge is 2.74. The predicted octanol–water partition coefficient (Wildman–Crippen LogP) is 4.30. The highest BCUT2D eigenvalue weighted by molar-refractivity contribution is 6.26. The quantitative estimate of drug-likeness (QED) is 0.168. The Morgan fingerprint density at radius 2 is 1.72 bits per heavy atom. The van der Waals surface area contributed by atoms with Crippen molar-refractivity contribution < 1.29 is 34.6 Å². The van der Waals surface area contributed by atoms with E-state index in [1.807, 2.05) is 26.8 Å². The second kappa shape index (κ2) is 11.3. The lowest BCUT2D eigenvalue weighted by Gasteiger charge is -2.59. The molecule has 2 aromatic carbocycles. The summed E-state index contributed by atoms with van der Waals surface area (Å²) in [5.74, 6) is -5.08. The Labute approximate surface area is 290 Å². The Morgan fingerprint density at radius 3 is 2.24 bits per heavy atom. The first-order valence-corrected chi connectivity index (χ1v) is 16.2. The first-order chi connectivity index (χ1) is 22.9. The highest BCUT2D eigenvalue weighted by atomic mass is 16.6. The van der Waals surface area contributed by atoms with Gasteiger partial charge in [0, 0.05) is 24.1 Å². The number of likely N-dealkylation sites (N-methyl/N-ethyl adjacent to an activating group) is 1. The molecule has 264 valence electrons. The predicted molar refractivity (Wildman–Crippen MR) is 185 cm³/mol. The van der Waals surface area contributed by atoms with Gasteiger partial charge in [-0.3, -0.25) is 29.4 Å². The number of carbonyl (C=O) groups is 3. The topological polar surface area (TPSA) is 234 Å². The Balaban J connectivity index is 1.90. The molecule has 0 saturated heterocycles. The van der Waals surface area contributed by atoms with Crippen LogP contribution in [0.2, 0.25) is 0 Å². The van der Waals surface area contributed by atoms with Gasteiger partial charge in [-0.2, -0.15) is 5.26 Å². The van der Waals surface area contributed by atoms with Crippen molar-refractivity contribution in [3.05, 3.63) is 74.0 Å². The molecule has 13 nitrogen and oxygen atoms in total. The number of hydrogen-bond donors (Lipinski definition) is 5. The van der Waals surface area contributed by atoms with Crippen LogP contribution in [0.25, 0.3) is 16.9 Å². The maximum atomic E-state index is 15.0. The van der Waals surface area contributed by atoms with Crippen LogP contribution < -0.4 is 11.5 Å². The van der Waals surface area contributed by atoms with Gasteiger partial charge in [0.05, 0.1) is 39.2 Å². The van der Waals surface area contributed by atoms with Gasteiger partial charge in [-0.25, -0.2) is 0 Å². The van der Waals surface area contributed by atoms with Crippen molar-refractivity contribution in [3.8, 4) is 22.9 Å². The molecule has 1 fully saturated rings. The third-order valence-electron chi connectivity index (χ3n) is 10.1. The van der Waals surface area contributed by atoms with E-state index < -0.39 is 84.7 Å². The first kappa shape index (κ1) is 36.4. The van der Waals surface area contributed by atoms with Gasteiger partial charge in [-0.15, -0.1) is 0 Å². The zero-order valence-corrected chi connectivity index (χ0v) is 29.5. The summed E-state index contributed by atoms with van der Waals surface area (Å²) in [6.45, 7) is 10.7. The van der Waals surface area contributed by atoms with Crippen molar-refractivity contribution in [2.45, 2.75) is 83.3 Å². The molecular weight excluding hydrogens is 642 g/mol. The fourth-order valence-electron chi connectivity index (χ4n) is 8.12. The summed E-state index contributed by atoms with van der Waals surface area (Å²) in [6.07, 6.45) is -0.968. The van der Waals surface area contributed by atoms with Crippen molar-refractivity contribution in [2.75, 3.05) is 14.1 Å². The minimum absolute atomic E-state index is 0.162. The minimum atomic E-state index is -2.73. The number of aromatic hydroxyl groups is 1. The molecule has 0 unspecified atom stereocenters. The number of aliphatic hydroxyl groups is 2. The van der Waals surface area contributed by atoms with E-state index in [-0.39, 0.29) is 35.4 Å². The average molecular weight is 686 g/mol. The van der Waals surface area contributed by atoms with Crippen molar-refractivity contribution in [1.82, 2.24) is 4.90 Å². The third-order valence-corrected chi connectivity index (χ3v) is 10.1. The van der Waals surface area contributed by atoms with E-state index in [0.29, 0.717) is 16.7 Å². The van der Waals surface area contributed by atoms with E-state index in [1.54, 1.807) is 32.9 Å². The van der Waals surface area contributed by atoms with Crippen LogP contribution in [0.15, 0.2) is 47.2 Å². The zero-order valence-electron chi connectivity index (χ0n) is 29.5. The number of rotatable bonds is 5. The van der Waals surface area contributed by atoms with Crippen LogP contribution >= 0.6 is 0 Å². The smallest absolute Gasteiger partial charge is 0.270 e.